The number of pyridine rings is 1. The number of carbonyl (C=O) groups excluding carboxylic acids is 1. The number of hydrogen-bond donors (Lipinski definition) is 0. The molecule has 1 amide bonds. The fourth-order valence-corrected chi connectivity index (χ4v) is 4.00. The van der Waals surface area contributed by atoms with E-state index in [4.69, 9.17) is 0 Å². The summed E-state index contributed by atoms with van der Waals surface area (Å²) in [6.45, 7) is 6.41. The number of anilines is 1. The van der Waals surface area contributed by atoms with E-state index in [1.807, 2.05) is 0 Å². The molecular formula is C23H30FN3O. The number of hydrogen-bond acceptors (Lipinski definition) is 3. The van der Waals surface area contributed by atoms with Crippen LogP contribution in [0.25, 0.3) is 0 Å². The first-order chi connectivity index (χ1) is 13.6. The first kappa shape index (κ1) is 20.5. The molecule has 0 aliphatic carbocycles. The van der Waals surface area contributed by atoms with Crippen molar-refractivity contribution in [2.45, 2.75) is 45.6 Å². The van der Waals surface area contributed by atoms with Crippen LogP contribution in [0.5, 0.6) is 0 Å². The Morgan fingerprint density at radius 3 is 2.57 bits per heavy atom. The Hall–Kier alpha value is -2.27. The van der Waals surface area contributed by atoms with E-state index in [9.17, 15) is 9.18 Å². The van der Waals surface area contributed by atoms with Gasteiger partial charge in [-0.1, -0.05) is 37.3 Å². The van der Waals surface area contributed by atoms with Crippen molar-refractivity contribution in [3.05, 3.63) is 60.0 Å². The summed E-state index contributed by atoms with van der Waals surface area (Å²) in [5.41, 5.74) is 1.40. The lowest BCUT2D eigenvalue weighted by Crippen LogP contribution is -2.48. The Labute approximate surface area is 167 Å². The zero-order valence-electron chi connectivity index (χ0n) is 16.9. The maximum absolute atomic E-state index is 14.2. The number of amides is 1. The Balaban J connectivity index is 1.58. The number of rotatable bonds is 7. The highest BCUT2D eigenvalue weighted by Crippen LogP contribution is 2.24. The molecule has 4 nitrogen and oxygen atoms in total. The van der Waals surface area contributed by atoms with Crippen molar-refractivity contribution in [1.82, 2.24) is 9.88 Å². The van der Waals surface area contributed by atoms with Gasteiger partial charge < -0.3 is 0 Å². The molecule has 150 valence electrons. The molecule has 28 heavy (non-hydrogen) atoms. The summed E-state index contributed by atoms with van der Waals surface area (Å²) in [6, 6.07) is 13.7. The van der Waals surface area contributed by atoms with Crippen LogP contribution < -0.4 is 4.90 Å². The lowest BCUT2D eigenvalue weighted by molar-refractivity contribution is -0.118. The van der Waals surface area contributed by atoms with Crippen LogP contribution in [0.15, 0.2) is 48.7 Å². The lowest BCUT2D eigenvalue weighted by atomic mass is 9.89. The molecule has 1 saturated heterocycles. The molecule has 3 rings (SSSR count). The summed E-state index contributed by atoms with van der Waals surface area (Å²) >= 11 is 0. The second kappa shape index (κ2) is 9.78. The first-order valence-corrected chi connectivity index (χ1v) is 10.3. The van der Waals surface area contributed by atoms with Crippen molar-refractivity contribution in [3.63, 3.8) is 0 Å². The third-order valence-electron chi connectivity index (χ3n) is 5.68. The van der Waals surface area contributed by atoms with Gasteiger partial charge in [0.25, 0.3) is 0 Å². The molecule has 2 aromatic rings. The number of likely N-dealkylation sites (tertiary alicyclic amines) is 1. The quantitative estimate of drug-likeness (QED) is 0.715. The Morgan fingerprint density at radius 2 is 1.93 bits per heavy atom. The average Bonchev–Trinajstić information content (AvgIpc) is 2.73. The van der Waals surface area contributed by atoms with Crippen LogP contribution in [-0.4, -0.2) is 41.5 Å². The summed E-state index contributed by atoms with van der Waals surface area (Å²) in [7, 11) is 0. The standard InChI is InChI=1S/C23H30FN3O/c1-3-22(28)27(23-21(24)10-7-13-25-23)17-18(2)26-14-11-20(12-15-26)16-19-8-5-4-6-9-19/h4-10,13,18,20H,3,11-12,14-17H2,1-2H3. The van der Waals surface area contributed by atoms with Gasteiger partial charge in [-0.25, -0.2) is 9.37 Å². The van der Waals surface area contributed by atoms with Crippen LogP contribution >= 0.6 is 0 Å². The van der Waals surface area contributed by atoms with E-state index in [1.54, 1.807) is 13.0 Å². The molecule has 0 spiro atoms. The smallest absolute Gasteiger partial charge is 0.227 e. The van der Waals surface area contributed by atoms with E-state index in [2.05, 4.69) is 47.1 Å². The molecule has 1 unspecified atom stereocenters. The van der Waals surface area contributed by atoms with Crippen molar-refractivity contribution >= 4 is 11.7 Å². The van der Waals surface area contributed by atoms with Crippen molar-refractivity contribution in [2.24, 2.45) is 5.92 Å². The van der Waals surface area contributed by atoms with Crippen LogP contribution in [0.1, 0.15) is 38.7 Å². The van der Waals surface area contributed by atoms with Gasteiger partial charge in [0.15, 0.2) is 11.6 Å². The van der Waals surface area contributed by atoms with Gasteiger partial charge in [0.1, 0.15) is 0 Å². The number of piperidine rings is 1. The molecule has 5 heteroatoms. The highest BCUT2D eigenvalue weighted by Gasteiger charge is 2.27. The fraction of sp³-hybridized carbons (Fsp3) is 0.478. The summed E-state index contributed by atoms with van der Waals surface area (Å²) < 4.78 is 14.2. The molecule has 1 aromatic carbocycles. The summed E-state index contributed by atoms with van der Waals surface area (Å²) in [6.07, 6.45) is 5.30. The van der Waals surface area contributed by atoms with E-state index >= 15 is 0 Å². The second-order valence-corrected chi connectivity index (χ2v) is 7.68. The molecule has 1 aliphatic heterocycles. The van der Waals surface area contributed by atoms with Gasteiger partial charge in [0.2, 0.25) is 5.91 Å². The molecule has 1 atom stereocenters. The third-order valence-corrected chi connectivity index (χ3v) is 5.68. The molecule has 1 fully saturated rings. The molecule has 0 radical (unpaired) electrons. The van der Waals surface area contributed by atoms with Gasteiger partial charge >= 0.3 is 0 Å². The second-order valence-electron chi connectivity index (χ2n) is 7.68. The van der Waals surface area contributed by atoms with Crippen molar-refractivity contribution in [1.29, 1.82) is 0 Å². The third kappa shape index (κ3) is 5.16. The van der Waals surface area contributed by atoms with E-state index in [0.717, 1.165) is 32.4 Å². The van der Waals surface area contributed by atoms with Gasteiger partial charge in [-0.15, -0.1) is 0 Å². The molecule has 0 bridgehead atoms. The minimum atomic E-state index is -0.446. The van der Waals surface area contributed by atoms with Crippen LogP contribution in [-0.2, 0) is 11.2 Å². The SMILES string of the molecule is CCC(=O)N(CC(C)N1CCC(Cc2ccccc2)CC1)c1ncccc1F. The minimum Gasteiger partial charge on any atom is -0.299 e. The van der Waals surface area contributed by atoms with E-state index in [-0.39, 0.29) is 17.8 Å². The zero-order valence-corrected chi connectivity index (χ0v) is 16.9. The maximum atomic E-state index is 14.2. The molecule has 1 aromatic heterocycles. The number of benzene rings is 1. The minimum absolute atomic E-state index is 0.0941. The summed E-state index contributed by atoms with van der Waals surface area (Å²) in [5.74, 6) is 0.300. The van der Waals surface area contributed by atoms with Gasteiger partial charge in [0.05, 0.1) is 0 Å². The average molecular weight is 384 g/mol. The normalized spacial score (nSPS) is 16.7. The Kier molecular flexibility index (Phi) is 7.15. The number of aromatic nitrogens is 1. The van der Waals surface area contributed by atoms with Crippen LogP contribution in [0.2, 0.25) is 0 Å². The van der Waals surface area contributed by atoms with Crippen molar-refractivity contribution < 1.29 is 9.18 Å². The molecule has 2 heterocycles. The molecule has 1 aliphatic rings. The number of nitrogens with zero attached hydrogens (tertiary/aromatic N) is 3. The number of carbonyl (C=O) groups is 1. The maximum Gasteiger partial charge on any atom is 0.227 e. The zero-order chi connectivity index (χ0) is 19.9. The van der Waals surface area contributed by atoms with Crippen LogP contribution in [0.4, 0.5) is 10.2 Å². The highest BCUT2D eigenvalue weighted by molar-refractivity contribution is 5.92. The van der Waals surface area contributed by atoms with E-state index in [1.165, 1.54) is 22.7 Å². The Bertz CT molecular complexity index is 759. The molecule has 0 N–H and O–H groups in total. The number of halogens is 1. The fourth-order valence-electron chi connectivity index (χ4n) is 4.00. The molecule has 0 saturated carbocycles. The predicted molar refractivity (Wildman–Crippen MR) is 111 cm³/mol. The topological polar surface area (TPSA) is 36.4 Å². The predicted octanol–water partition coefficient (Wildman–Crippen LogP) is 4.31. The monoisotopic (exact) mass is 383 g/mol. The van der Waals surface area contributed by atoms with Gasteiger partial charge in [-0.05, 0) is 62.9 Å². The van der Waals surface area contributed by atoms with E-state index < -0.39 is 5.82 Å². The van der Waals surface area contributed by atoms with Gasteiger partial charge in [-0.2, -0.15) is 0 Å². The first-order valence-electron chi connectivity index (χ1n) is 10.3. The van der Waals surface area contributed by atoms with Gasteiger partial charge in [0, 0.05) is 25.2 Å². The van der Waals surface area contributed by atoms with Crippen LogP contribution in [0, 0.1) is 11.7 Å². The summed E-state index contributed by atoms with van der Waals surface area (Å²) in [4.78, 5) is 20.5. The summed E-state index contributed by atoms with van der Waals surface area (Å²) in [5, 5.41) is 0. The van der Waals surface area contributed by atoms with Crippen molar-refractivity contribution in [3.8, 4) is 0 Å². The molecular weight excluding hydrogens is 353 g/mol. The van der Waals surface area contributed by atoms with Crippen molar-refractivity contribution in [2.75, 3.05) is 24.5 Å². The highest BCUT2D eigenvalue weighted by atomic mass is 19.1. The lowest BCUT2D eigenvalue weighted by Gasteiger charge is -2.38. The largest absolute Gasteiger partial charge is 0.299 e. The Morgan fingerprint density at radius 1 is 1.21 bits per heavy atom. The van der Waals surface area contributed by atoms with E-state index in [0.29, 0.717) is 18.9 Å². The van der Waals surface area contributed by atoms with Gasteiger partial charge in [-0.3, -0.25) is 14.6 Å². The van der Waals surface area contributed by atoms with Crippen LogP contribution in [0.3, 0.4) is 0 Å².